The Morgan fingerprint density at radius 1 is 1.33 bits per heavy atom. The van der Waals surface area contributed by atoms with E-state index in [0.717, 1.165) is 12.0 Å². The Kier molecular flexibility index (Phi) is 5.50. The van der Waals surface area contributed by atoms with Crippen molar-refractivity contribution in [1.82, 2.24) is 0 Å². The van der Waals surface area contributed by atoms with Crippen LogP contribution in [0.15, 0.2) is 28.4 Å². The van der Waals surface area contributed by atoms with Crippen molar-refractivity contribution in [3.8, 4) is 11.5 Å². The number of hydrogen-bond acceptors (Lipinski definition) is 4. The SMILES string of the molecule is CCCOc1ccc(/C=N\N=C(N)N)cc1OC. The van der Waals surface area contributed by atoms with E-state index in [2.05, 4.69) is 10.2 Å². The lowest BCUT2D eigenvalue weighted by Crippen LogP contribution is -2.21. The molecule has 0 amide bonds. The van der Waals surface area contributed by atoms with Gasteiger partial charge in [-0.3, -0.25) is 0 Å². The fraction of sp³-hybridized carbons (Fsp3) is 0.333. The Bertz CT molecular complexity index is 440. The molecule has 0 heterocycles. The highest BCUT2D eigenvalue weighted by Gasteiger charge is 2.04. The van der Waals surface area contributed by atoms with Gasteiger partial charge in [0.1, 0.15) is 0 Å². The average molecular weight is 250 g/mol. The van der Waals surface area contributed by atoms with Crippen LogP contribution in [0.4, 0.5) is 0 Å². The number of hydrogen-bond donors (Lipinski definition) is 2. The predicted molar refractivity (Wildman–Crippen MR) is 72.2 cm³/mol. The van der Waals surface area contributed by atoms with Gasteiger partial charge in [0, 0.05) is 0 Å². The minimum absolute atomic E-state index is 0.0823. The first-order valence-electron chi connectivity index (χ1n) is 5.60. The lowest BCUT2D eigenvalue weighted by Gasteiger charge is -2.10. The second-order valence-corrected chi connectivity index (χ2v) is 3.53. The summed E-state index contributed by atoms with van der Waals surface area (Å²) in [6.45, 7) is 2.69. The van der Waals surface area contributed by atoms with E-state index in [0.29, 0.717) is 18.1 Å². The van der Waals surface area contributed by atoms with Crippen LogP contribution < -0.4 is 20.9 Å². The molecule has 0 saturated heterocycles. The van der Waals surface area contributed by atoms with Gasteiger partial charge in [0.25, 0.3) is 0 Å². The molecule has 1 aromatic carbocycles. The summed E-state index contributed by atoms with van der Waals surface area (Å²) < 4.78 is 10.8. The zero-order valence-electron chi connectivity index (χ0n) is 10.6. The normalized spacial score (nSPS) is 10.3. The van der Waals surface area contributed by atoms with Crippen LogP contribution >= 0.6 is 0 Å². The molecule has 0 atom stereocenters. The highest BCUT2D eigenvalue weighted by Crippen LogP contribution is 2.27. The van der Waals surface area contributed by atoms with Gasteiger partial charge < -0.3 is 20.9 Å². The lowest BCUT2D eigenvalue weighted by atomic mass is 10.2. The number of nitrogens with two attached hydrogens (primary N) is 2. The monoisotopic (exact) mass is 250 g/mol. The summed E-state index contributed by atoms with van der Waals surface area (Å²) in [5, 5.41) is 7.24. The maximum absolute atomic E-state index is 5.54. The standard InChI is InChI=1S/C12H18N4O2/c1-3-6-18-10-5-4-9(7-11(10)17-2)8-15-16-12(13)14/h4-5,7-8H,3,6H2,1-2H3,(H4,13,14,16)/b15-8-. The molecule has 6 heteroatoms. The van der Waals surface area contributed by atoms with E-state index in [1.54, 1.807) is 13.2 Å². The van der Waals surface area contributed by atoms with Crippen LogP contribution in [0.5, 0.6) is 11.5 Å². The van der Waals surface area contributed by atoms with Gasteiger partial charge in [-0.25, -0.2) is 0 Å². The molecule has 0 bridgehead atoms. The molecular formula is C12H18N4O2. The third-order valence-electron chi connectivity index (χ3n) is 2.03. The number of nitrogens with zero attached hydrogens (tertiary/aromatic N) is 2. The van der Waals surface area contributed by atoms with Gasteiger partial charge >= 0.3 is 0 Å². The summed E-state index contributed by atoms with van der Waals surface area (Å²) in [6, 6.07) is 5.47. The summed E-state index contributed by atoms with van der Waals surface area (Å²) in [5.74, 6) is 1.27. The number of benzene rings is 1. The number of rotatable bonds is 6. The fourth-order valence-corrected chi connectivity index (χ4v) is 1.26. The fourth-order valence-electron chi connectivity index (χ4n) is 1.26. The Balaban J connectivity index is 2.84. The van der Waals surface area contributed by atoms with Crippen molar-refractivity contribution in [2.45, 2.75) is 13.3 Å². The molecule has 0 aliphatic heterocycles. The molecule has 18 heavy (non-hydrogen) atoms. The number of methoxy groups -OCH3 is 1. The number of guanidine groups is 1. The molecule has 0 aliphatic rings. The lowest BCUT2D eigenvalue weighted by molar-refractivity contribution is 0.294. The topological polar surface area (TPSA) is 95.2 Å². The van der Waals surface area contributed by atoms with Crippen molar-refractivity contribution in [2.24, 2.45) is 21.7 Å². The van der Waals surface area contributed by atoms with Crippen molar-refractivity contribution in [3.05, 3.63) is 23.8 Å². The van der Waals surface area contributed by atoms with Crippen LogP contribution in [-0.2, 0) is 0 Å². The molecular weight excluding hydrogens is 232 g/mol. The summed E-state index contributed by atoms with van der Waals surface area (Å²) in [7, 11) is 1.59. The second kappa shape index (κ2) is 7.16. The van der Waals surface area contributed by atoms with E-state index in [4.69, 9.17) is 20.9 Å². The van der Waals surface area contributed by atoms with E-state index >= 15 is 0 Å². The Hall–Kier alpha value is -2.24. The van der Waals surface area contributed by atoms with E-state index in [-0.39, 0.29) is 5.96 Å². The van der Waals surface area contributed by atoms with Gasteiger partial charge in [-0.05, 0) is 30.2 Å². The minimum atomic E-state index is -0.0823. The Morgan fingerprint density at radius 2 is 2.11 bits per heavy atom. The molecule has 0 aromatic heterocycles. The summed E-state index contributed by atoms with van der Waals surface area (Å²) in [6.07, 6.45) is 2.47. The smallest absolute Gasteiger partial charge is 0.211 e. The van der Waals surface area contributed by atoms with E-state index < -0.39 is 0 Å². The van der Waals surface area contributed by atoms with Gasteiger partial charge in [-0.1, -0.05) is 6.92 Å². The molecule has 1 rings (SSSR count). The van der Waals surface area contributed by atoms with E-state index in [9.17, 15) is 0 Å². The molecule has 0 saturated carbocycles. The Labute approximate surface area is 106 Å². The van der Waals surface area contributed by atoms with Crippen molar-refractivity contribution in [3.63, 3.8) is 0 Å². The molecule has 0 aliphatic carbocycles. The van der Waals surface area contributed by atoms with Crippen molar-refractivity contribution in [2.75, 3.05) is 13.7 Å². The zero-order valence-corrected chi connectivity index (χ0v) is 10.6. The molecule has 1 aromatic rings. The highest BCUT2D eigenvalue weighted by atomic mass is 16.5. The summed E-state index contributed by atoms with van der Waals surface area (Å²) in [5.41, 5.74) is 11.1. The van der Waals surface area contributed by atoms with Gasteiger partial charge in [0.05, 0.1) is 19.9 Å². The predicted octanol–water partition coefficient (Wildman–Crippen LogP) is 1.09. The first kappa shape index (κ1) is 13.8. The van der Waals surface area contributed by atoms with E-state index in [1.165, 1.54) is 6.21 Å². The molecule has 0 radical (unpaired) electrons. The maximum atomic E-state index is 5.54. The van der Waals surface area contributed by atoms with Crippen molar-refractivity contribution < 1.29 is 9.47 Å². The summed E-state index contributed by atoms with van der Waals surface area (Å²) in [4.78, 5) is 0. The largest absolute Gasteiger partial charge is 0.493 e. The minimum Gasteiger partial charge on any atom is -0.493 e. The maximum Gasteiger partial charge on any atom is 0.211 e. The zero-order chi connectivity index (χ0) is 13.4. The molecule has 0 fully saturated rings. The highest BCUT2D eigenvalue weighted by molar-refractivity contribution is 5.82. The van der Waals surface area contributed by atoms with Crippen LogP contribution in [-0.4, -0.2) is 25.9 Å². The third-order valence-corrected chi connectivity index (χ3v) is 2.03. The summed E-state index contributed by atoms with van der Waals surface area (Å²) >= 11 is 0. The number of ether oxygens (including phenoxy) is 2. The van der Waals surface area contributed by atoms with Crippen LogP contribution in [0, 0.1) is 0 Å². The van der Waals surface area contributed by atoms with E-state index in [1.807, 2.05) is 19.1 Å². The second-order valence-electron chi connectivity index (χ2n) is 3.53. The van der Waals surface area contributed by atoms with Crippen LogP contribution in [0.2, 0.25) is 0 Å². The molecule has 0 unspecified atom stereocenters. The van der Waals surface area contributed by atoms with Crippen LogP contribution in [0.3, 0.4) is 0 Å². The molecule has 4 N–H and O–H groups in total. The quantitative estimate of drug-likeness (QED) is 0.449. The van der Waals surface area contributed by atoms with Crippen LogP contribution in [0.1, 0.15) is 18.9 Å². The molecule has 0 spiro atoms. The van der Waals surface area contributed by atoms with Gasteiger partial charge in [-0.15, -0.1) is 5.10 Å². The van der Waals surface area contributed by atoms with Gasteiger partial charge in [-0.2, -0.15) is 5.10 Å². The van der Waals surface area contributed by atoms with Crippen molar-refractivity contribution >= 4 is 12.2 Å². The van der Waals surface area contributed by atoms with Crippen LogP contribution in [0.25, 0.3) is 0 Å². The van der Waals surface area contributed by atoms with Gasteiger partial charge in [0.2, 0.25) is 5.96 Å². The molecule has 6 nitrogen and oxygen atoms in total. The Morgan fingerprint density at radius 3 is 2.72 bits per heavy atom. The first-order valence-corrected chi connectivity index (χ1v) is 5.60. The third kappa shape index (κ3) is 4.32. The molecule has 98 valence electrons. The van der Waals surface area contributed by atoms with Gasteiger partial charge in [0.15, 0.2) is 11.5 Å². The first-order chi connectivity index (χ1) is 8.67. The van der Waals surface area contributed by atoms with Crippen molar-refractivity contribution in [1.29, 1.82) is 0 Å². The average Bonchev–Trinajstić information content (AvgIpc) is 2.36.